The van der Waals surface area contributed by atoms with Crippen molar-refractivity contribution in [3.8, 4) is 0 Å². The van der Waals surface area contributed by atoms with Crippen LogP contribution in [-0.2, 0) is 6.42 Å². The van der Waals surface area contributed by atoms with E-state index in [9.17, 15) is 4.79 Å². The molecule has 0 saturated heterocycles. The fourth-order valence-electron chi connectivity index (χ4n) is 1.78. The van der Waals surface area contributed by atoms with Crippen LogP contribution in [0, 0.1) is 0 Å². The molecule has 0 aromatic heterocycles. The summed E-state index contributed by atoms with van der Waals surface area (Å²) in [6, 6.07) is 7.87. The lowest BCUT2D eigenvalue weighted by Gasteiger charge is -2.09. The Morgan fingerprint density at radius 2 is 2.11 bits per heavy atom. The Balaban J connectivity index is 2.34. The Kier molecular flexibility index (Phi) is 7.15. The third-order valence-electron chi connectivity index (χ3n) is 2.78. The molecule has 0 aliphatic heterocycles. The van der Waals surface area contributed by atoms with Gasteiger partial charge in [-0.2, -0.15) is 0 Å². The Labute approximate surface area is 115 Å². The summed E-state index contributed by atoms with van der Waals surface area (Å²) in [7, 11) is 0. The third kappa shape index (κ3) is 6.36. The summed E-state index contributed by atoms with van der Waals surface area (Å²) >= 11 is 0. The molecule has 4 nitrogen and oxygen atoms in total. The van der Waals surface area contributed by atoms with Crippen LogP contribution in [0.25, 0.3) is 0 Å². The van der Waals surface area contributed by atoms with E-state index < -0.39 is 0 Å². The van der Waals surface area contributed by atoms with Crippen LogP contribution >= 0.6 is 0 Å². The van der Waals surface area contributed by atoms with Crippen molar-refractivity contribution in [1.82, 2.24) is 10.6 Å². The Morgan fingerprint density at radius 3 is 2.79 bits per heavy atom. The van der Waals surface area contributed by atoms with Gasteiger partial charge >= 0.3 is 0 Å². The fraction of sp³-hybridized carbons (Fsp3) is 0.533. The van der Waals surface area contributed by atoms with Crippen LogP contribution in [0.3, 0.4) is 0 Å². The first kappa shape index (κ1) is 15.7. The van der Waals surface area contributed by atoms with Crippen LogP contribution in [-0.4, -0.2) is 36.8 Å². The molecule has 0 heterocycles. The highest BCUT2D eigenvalue weighted by molar-refractivity contribution is 5.94. The standard InChI is InChI=1S/C15H24N2O2/c1-12(2)16-8-4-9-17-15(19)14-6-3-5-13(11-14)7-10-18/h3,5-6,11-12,16,18H,4,7-10H2,1-2H3,(H,17,19). The van der Waals surface area contributed by atoms with Gasteiger partial charge in [0.05, 0.1) is 0 Å². The average molecular weight is 264 g/mol. The Morgan fingerprint density at radius 1 is 1.32 bits per heavy atom. The van der Waals surface area contributed by atoms with Gasteiger partial charge in [0, 0.05) is 24.8 Å². The summed E-state index contributed by atoms with van der Waals surface area (Å²) in [4.78, 5) is 11.9. The zero-order valence-electron chi connectivity index (χ0n) is 11.8. The summed E-state index contributed by atoms with van der Waals surface area (Å²) in [5.74, 6) is -0.0515. The van der Waals surface area contributed by atoms with E-state index in [1.807, 2.05) is 18.2 Å². The van der Waals surface area contributed by atoms with Gasteiger partial charge in [0.25, 0.3) is 5.91 Å². The van der Waals surface area contributed by atoms with Crippen LogP contribution in [0.5, 0.6) is 0 Å². The first-order valence-corrected chi connectivity index (χ1v) is 6.85. The molecule has 19 heavy (non-hydrogen) atoms. The van der Waals surface area contributed by atoms with E-state index in [2.05, 4.69) is 24.5 Å². The van der Waals surface area contributed by atoms with E-state index in [1.54, 1.807) is 6.07 Å². The number of hydrogen-bond donors (Lipinski definition) is 3. The van der Waals surface area contributed by atoms with Gasteiger partial charge in [0.2, 0.25) is 0 Å². The summed E-state index contributed by atoms with van der Waals surface area (Å²) in [5, 5.41) is 15.1. The maximum Gasteiger partial charge on any atom is 0.251 e. The molecule has 0 unspecified atom stereocenters. The van der Waals surface area contributed by atoms with Crippen LogP contribution in [0.2, 0.25) is 0 Å². The number of hydrogen-bond acceptors (Lipinski definition) is 3. The fourth-order valence-corrected chi connectivity index (χ4v) is 1.78. The Bertz CT molecular complexity index is 391. The van der Waals surface area contributed by atoms with Gasteiger partial charge in [-0.05, 0) is 37.1 Å². The van der Waals surface area contributed by atoms with Crippen molar-refractivity contribution in [2.45, 2.75) is 32.7 Å². The zero-order chi connectivity index (χ0) is 14.1. The number of rotatable bonds is 8. The molecule has 0 radical (unpaired) electrons. The molecule has 1 aromatic carbocycles. The highest BCUT2D eigenvalue weighted by atomic mass is 16.2. The van der Waals surface area contributed by atoms with Gasteiger partial charge in [-0.15, -0.1) is 0 Å². The average Bonchev–Trinajstić information content (AvgIpc) is 2.38. The monoisotopic (exact) mass is 264 g/mol. The number of nitrogens with one attached hydrogen (secondary N) is 2. The van der Waals surface area contributed by atoms with Crippen molar-refractivity contribution < 1.29 is 9.90 Å². The van der Waals surface area contributed by atoms with Gasteiger partial charge in [-0.25, -0.2) is 0 Å². The molecule has 106 valence electrons. The molecular weight excluding hydrogens is 240 g/mol. The van der Waals surface area contributed by atoms with Crippen molar-refractivity contribution in [1.29, 1.82) is 0 Å². The Hall–Kier alpha value is -1.39. The lowest BCUT2D eigenvalue weighted by atomic mass is 10.1. The number of benzene rings is 1. The van der Waals surface area contributed by atoms with E-state index >= 15 is 0 Å². The molecule has 0 atom stereocenters. The van der Waals surface area contributed by atoms with Gasteiger partial charge < -0.3 is 15.7 Å². The van der Waals surface area contributed by atoms with Crippen molar-refractivity contribution in [3.05, 3.63) is 35.4 Å². The quantitative estimate of drug-likeness (QED) is 0.621. The molecule has 0 spiro atoms. The third-order valence-corrected chi connectivity index (χ3v) is 2.78. The van der Waals surface area contributed by atoms with Crippen LogP contribution in [0.4, 0.5) is 0 Å². The molecule has 0 bridgehead atoms. The second-order valence-corrected chi connectivity index (χ2v) is 4.89. The maximum atomic E-state index is 11.9. The smallest absolute Gasteiger partial charge is 0.251 e. The molecule has 4 heteroatoms. The molecule has 0 saturated carbocycles. The summed E-state index contributed by atoms with van der Waals surface area (Å²) in [6.07, 6.45) is 1.50. The van der Waals surface area contributed by atoms with E-state index in [0.717, 1.165) is 18.5 Å². The van der Waals surface area contributed by atoms with Crippen molar-refractivity contribution in [2.24, 2.45) is 0 Å². The number of aliphatic hydroxyl groups excluding tert-OH is 1. The highest BCUT2D eigenvalue weighted by Crippen LogP contribution is 2.05. The van der Waals surface area contributed by atoms with Crippen LogP contribution in [0.15, 0.2) is 24.3 Å². The summed E-state index contributed by atoms with van der Waals surface area (Å²) in [5.41, 5.74) is 1.64. The lowest BCUT2D eigenvalue weighted by Crippen LogP contribution is -2.29. The zero-order valence-corrected chi connectivity index (χ0v) is 11.8. The number of aliphatic hydroxyl groups is 1. The molecule has 0 aliphatic rings. The van der Waals surface area contributed by atoms with E-state index in [-0.39, 0.29) is 12.5 Å². The predicted octanol–water partition coefficient (Wildman–Crippen LogP) is 1.34. The molecule has 1 rings (SSSR count). The van der Waals surface area contributed by atoms with Crippen LogP contribution in [0.1, 0.15) is 36.2 Å². The topological polar surface area (TPSA) is 61.4 Å². The molecule has 1 amide bonds. The summed E-state index contributed by atoms with van der Waals surface area (Å²) < 4.78 is 0. The largest absolute Gasteiger partial charge is 0.396 e. The normalized spacial score (nSPS) is 10.7. The predicted molar refractivity (Wildman–Crippen MR) is 77.3 cm³/mol. The van der Waals surface area contributed by atoms with Crippen LogP contribution < -0.4 is 10.6 Å². The van der Waals surface area contributed by atoms with Gasteiger partial charge in [0.1, 0.15) is 0 Å². The van der Waals surface area contributed by atoms with E-state index in [1.165, 1.54) is 0 Å². The minimum absolute atomic E-state index is 0.0515. The van der Waals surface area contributed by atoms with Crippen molar-refractivity contribution in [2.75, 3.05) is 19.7 Å². The number of amides is 1. The molecule has 0 fully saturated rings. The lowest BCUT2D eigenvalue weighted by molar-refractivity contribution is 0.0953. The molecule has 3 N–H and O–H groups in total. The molecular formula is C15H24N2O2. The first-order valence-electron chi connectivity index (χ1n) is 6.85. The van der Waals surface area contributed by atoms with Gasteiger partial charge in [0.15, 0.2) is 0 Å². The van der Waals surface area contributed by atoms with E-state index in [4.69, 9.17) is 5.11 Å². The second-order valence-electron chi connectivity index (χ2n) is 4.89. The second kappa shape index (κ2) is 8.67. The number of carbonyl (C=O) groups excluding carboxylic acids is 1. The first-order chi connectivity index (χ1) is 9.13. The minimum Gasteiger partial charge on any atom is -0.396 e. The molecule has 0 aliphatic carbocycles. The van der Waals surface area contributed by atoms with Crippen molar-refractivity contribution >= 4 is 5.91 Å². The summed E-state index contributed by atoms with van der Waals surface area (Å²) in [6.45, 7) is 5.88. The maximum absolute atomic E-state index is 11.9. The molecule has 1 aromatic rings. The number of carbonyl (C=O) groups is 1. The minimum atomic E-state index is -0.0515. The highest BCUT2D eigenvalue weighted by Gasteiger charge is 2.05. The van der Waals surface area contributed by atoms with Crippen molar-refractivity contribution in [3.63, 3.8) is 0 Å². The van der Waals surface area contributed by atoms with Gasteiger partial charge in [-0.3, -0.25) is 4.79 Å². The SMILES string of the molecule is CC(C)NCCCNC(=O)c1cccc(CCO)c1. The van der Waals surface area contributed by atoms with E-state index in [0.29, 0.717) is 24.6 Å². The van der Waals surface area contributed by atoms with Gasteiger partial charge in [-0.1, -0.05) is 26.0 Å².